The lowest BCUT2D eigenvalue weighted by atomic mass is 9.98. The second-order valence-electron chi connectivity index (χ2n) is 4.23. The Balaban J connectivity index is 2.26. The highest BCUT2D eigenvalue weighted by Gasteiger charge is 2.21. The lowest BCUT2D eigenvalue weighted by Crippen LogP contribution is -2.10. The van der Waals surface area contributed by atoms with E-state index in [1.807, 2.05) is 6.07 Å². The van der Waals surface area contributed by atoms with Gasteiger partial charge in [-0.1, -0.05) is 36.4 Å². The van der Waals surface area contributed by atoms with Gasteiger partial charge in [0.1, 0.15) is 12.2 Å². The third-order valence-electron chi connectivity index (χ3n) is 2.99. The molecule has 2 aromatic rings. The summed E-state index contributed by atoms with van der Waals surface area (Å²) in [7, 11) is 1.43. The maximum Gasteiger partial charge on any atom is 0.160 e. The molecule has 0 heterocycles. The molecule has 0 unspecified atom stereocenters. The second kappa shape index (κ2) is 5.73. The zero-order valence-electron chi connectivity index (χ0n) is 10.5. The highest BCUT2D eigenvalue weighted by atomic mass is 16.5. The molecule has 0 aromatic heterocycles. The summed E-state index contributed by atoms with van der Waals surface area (Å²) in [5, 5.41) is 29.8. The van der Waals surface area contributed by atoms with Crippen molar-refractivity contribution in [3.63, 3.8) is 0 Å². The Morgan fingerprint density at radius 3 is 2.16 bits per heavy atom. The first-order chi connectivity index (χ1) is 9.13. The van der Waals surface area contributed by atoms with Crippen molar-refractivity contribution in [2.45, 2.75) is 12.2 Å². The molecule has 4 heteroatoms. The molecule has 4 nitrogen and oxygen atoms in total. The zero-order valence-corrected chi connectivity index (χ0v) is 10.5. The second-order valence-corrected chi connectivity index (χ2v) is 4.23. The molecular formula is C15H16O4. The van der Waals surface area contributed by atoms with Crippen LogP contribution in [-0.4, -0.2) is 22.4 Å². The molecular weight excluding hydrogens is 244 g/mol. The fourth-order valence-electron chi connectivity index (χ4n) is 1.89. The monoisotopic (exact) mass is 260 g/mol. The third-order valence-corrected chi connectivity index (χ3v) is 2.99. The smallest absolute Gasteiger partial charge is 0.160 e. The first-order valence-corrected chi connectivity index (χ1v) is 5.91. The molecule has 0 fully saturated rings. The molecule has 2 aromatic carbocycles. The molecule has 2 rings (SSSR count). The number of rotatable bonds is 4. The molecule has 19 heavy (non-hydrogen) atoms. The van der Waals surface area contributed by atoms with Gasteiger partial charge in [0.25, 0.3) is 0 Å². The van der Waals surface area contributed by atoms with Crippen molar-refractivity contribution < 1.29 is 20.1 Å². The van der Waals surface area contributed by atoms with Crippen LogP contribution in [0.3, 0.4) is 0 Å². The number of benzene rings is 2. The van der Waals surface area contributed by atoms with Gasteiger partial charge in [-0.2, -0.15) is 0 Å². The molecule has 100 valence electrons. The van der Waals surface area contributed by atoms with Gasteiger partial charge in [-0.25, -0.2) is 0 Å². The Hall–Kier alpha value is -2.04. The van der Waals surface area contributed by atoms with E-state index in [2.05, 4.69) is 0 Å². The van der Waals surface area contributed by atoms with Gasteiger partial charge in [-0.3, -0.25) is 0 Å². The number of aliphatic hydroxyl groups is 2. The van der Waals surface area contributed by atoms with Crippen LogP contribution in [0.5, 0.6) is 11.5 Å². The van der Waals surface area contributed by atoms with Crippen LogP contribution in [0.25, 0.3) is 0 Å². The fourth-order valence-corrected chi connectivity index (χ4v) is 1.89. The number of phenols is 1. The first kappa shape index (κ1) is 13.4. The summed E-state index contributed by atoms with van der Waals surface area (Å²) < 4.78 is 4.98. The van der Waals surface area contributed by atoms with E-state index in [9.17, 15) is 15.3 Å². The number of hydrogen-bond donors (Lipinski definition) is 3. The van der Waals surface area contributed by atoms with Crippen LogP contribution < -0.4 is 4.74 Å². The number of ether oxygens (including phenoxy) is 1. The van der Waals surface area contributed by atoms with E-state index in [-0.39, 0.29) is 11.5 Å². The van der Waals surface area contributed by atoms with E-state index < -0.39 is 12.2 Å². The predicted octanol–water partition coefficient (Wildman–Crippen LogP) is 2.17. The van der Waals surface area contributed by atoms with Crippen molar-refractivity contribution in [1.82, 2.24) is 0 Å². The van der Waals surface area contributed by atoms with Crippen LogP contribution in [0.15, 0.2) is 48.5 Å². The zero-order chi connectivity index (χ0) is 13.8. The minimum Gasteiger partial charge on any atom is -0.504 e. The molecule has 0 saturated heterocycles. The van der Waals surface area contributed by atoms with Crippen LogP contribution in [0.4, 0.5) is 0 Å². The highest BCUT2D eigenvalue weighted by molar-refractivity contribution is 5.43. The van der Waals surface area contributed by atoms with Crippen LogP contribution >= 0.6 is 0 Å². The minimum atomic E-state index is -1.09. The maximum absolute atomic E-state index is 10.2. The Morgan fingerprint density at radius 2 is 1.53 bits per heavy atom. The Morgan fingerprint density at radius 1 is 0.895 bits per heavy atom. The molecule has 2 atom stereocenters. The largest absolute Gasteiger partial charge is 0.504 e. The van der Waals surface area contributed by atoms with E-state index in [1.54, 1.807) is 30.3 Å². The SMILES string of the molecule is COc1cc([C@@H](O)[C@@H](O)c2ccccc2)ccc1O. The summed E-state index contributed by atoms with van der Waals surface area (Å²) in [5.74, 6) is 0.254. The standard InChI is InChI=1S/C15H16O4/c1-19-13-9-11(7-8-12(13)16)15(18)14(17)10-5-3-2-4-6-10/h2-9,14-18H,1H3/t14-,15+/m0/s1. The van der Waals surface area contributed by atoms with E-state index in [0.717, 1.165) is 0 Å². The number of phenolic OH excluding ortho intramolecular Hbond substituents is 1. The minimum absolute atomic E-state index is 0.00680. The summed E-state index contributed by atoms with van der Waals surface area (Å²) in [6.07, 6.45) is -2.12. The Bertz CT molecular complexity index is 539. The Labute approximate surface area is 111 Å². The van der Waals surface area contributed by atoms with Gasteiger partial charge in [0.2, 0.25) is 0 Å². The third kappa shape index (κ3) is 2.86. The van der Waals surface area contributed by atoms with Crippen molar-refractivity contribution in [1.29, 1.82) is 0 Å². The van der Waals surface area contributed by atoms with E-state index in [0.29, 0.717) is 11.1 Å². The van der Waals surface area contributed by atoms with Crippen LogP contribution in [-0.2, 0) is 0 Å². The normalized spacial score (nSPS) is 13.8. The lowest BCUT2D eigenvalue weighted by molar-refractivity contribution is 0.0171. The lowest BCUT2D eigenvalue weighted by Gasteiger charge is -2.19. The molecule has 0 radical (unpaired) electrons. The van der Waals surface area contributed by atoms with Crippen LogP contribution in [0.2, 0.25) is 0 Å². The molecule has 0 saturated carbocycles. The van der Waals surface area contributed by atoms with Gasteiger partial charge < -0.3 is 20.1 Å². The summed E-state index contributed by atoms with van der Waals surface area (Å²) in [6, 6.07) is 13.4. The molecule has 0 aliphatic heterocycles. The van der Waals surface area contributed by atoms with E-state index >= 15 is 0 Å². The first-order valence-electron chi connectivity index (χ1n) is 5.91. The summed E-state index contributed by atoms with van der Waals surface area (Å²) in [6.45, 7) is 0. The van der Waals surface area contributed by atoms with Crippen LogP contribution in [0, 0.1) is 0 Å². The quantitative estimate of drug-likeness (QED) is 0.788. The van der Waals surface area contributed by atoms with Gasteiger partial charge in [0.05, 0.1) is 7.11 Å². The summed E-state index contributed by atoms with van der Waals surface area (Å²) >= 11 is 0. The molecule has 0 spiro atoms. The van der Waals surface area contributed by atoms with Gasteiger partial charge in [0, 0.05) is 0 Å². The molecule has 0 aliphatic rings. The number of aromatic hydroxyl groups is 1. The maximum atomic E-state index is 10.2. The number of hydrogen-bond acceptors (Lipinski definition) is 4. The summed E-state index contributed by atoms with van der Waals surface area (Å²) in [4.78, 5) is 0. The molecule has 3 N–H and O–H groups in total. The van der Waals surface area contributed by atoms with E-state index in [1.165, 1.54) is 19.2 Å². The van der Waals surface area contributed by atoms with E-state index in [4.69, 9.17) is 4.74 Å². The van der Waals surface area contributed by atoms with Gasteiger partial charge in [-0.15, -0.1) is 0 Å². The average Bonchev–Trinajstić information content (AvgIpc) is 2.47. The predicted molar refractivity (Wildman–Crippen MR) is 71.0 cm³/mol. The highest BCUT2D eigenvalue weighted by Crippen LogP contribution is 2.33. The Kier molecular flexibility index (Phi) is 4.04. The van der Waals surface area contributed by atoms with Crippen molar-refractivity contribution in [3.8, 4) is 11.5 Å². The van der Waals surface area contributed by atoms with Crippen molar-refractivity contribution >= 4 is 0 Å². The van der Waals surface area contributed by atoms with Gasteiger partial charge >= 0.3 is 0 Å². The number of aliphatic hydroxyl groups excluding tert-OH is 2. The van der Waals surface area contributed by atoms with Crippen molar-refractivity contribution in [2.75, 3.05) is 7.11 Å². The van der Waals surface area contributed by atoms with Crippen molar-refractivity contribution in [2.24, 2.45) is 0 Å². The molecule has 0 bridgehead atoms. The fraction of sp³-hybridized carbons (Fsp3) is 0.200. The van der Waals surface area contributed by atoms with Gasteiger partial charge in [-0.05, 0) is 23.3 Å². The number of methoxy groups -OCH3 is 1. The average molecular weight is 260 g/mol. The van der Waals surface area contributed by atoms with Crippen molar-refractivity contribution in [3.05, 3.63) is 59.7 Å². The topological polar surface area (TPSA) is 69.9 Å². The van der Waals surface area contributed by atoms with Gasteiger partial charge in [0.15, 0.2) is 11.5 Å². The van der Waals surface area contributed by atoms with Crippen LogP contribution in [0.1, 0.15) is 23.3 Å². The molecule has 0 aliphatic carbocycles. The summed E-state index contributed by atoms with van der Waals surface area (Å²) in [5.41, 5.74) is 1.10. The molecule has 0 amide bonds.